The maximum Gasteiger partial charge on any atom is 0.236 e. The lowest BCUT2D eigenvalue weighted by atomic mass is 9.95. The molecule has 3 rings (SSSR count). The number of methoxy groups -OCH3 is 1. The molecular weight excluding hydrogens is 254 g/mol. The Balaban J connectivity index is 2.01. The average Bonchev–Trinajstić information content (AvgIpc) is 2.74. The fourth-order valence-corrected chi connectivity index (χ4v) is 2.60. The first-order valence-electron chi connectivity index (χ1n) is 6.48. The zero-order chi connectivity index (χ0) is 14.3. The highest BCUT2D eigenvalue weighted by Gasteiger charge is 2.36. The van der Waals surface area contributed by atoms with Gasteiger partial charge in [0.25, 0.3) is 0 Å². The van der Waals surface area contributed by atoms with E-state index in [2.05, 4.69) is 0 Å². The third-order valence-electron chi connectivity index (χ3n) is 3.86. The van der Waals surface area contributed by atoms with E-state index in [1.165, 1.54) is 11.9 Å². The highest BCUT2D eigenvalue weighted by atomic mass is 16.5. The Labute approximate surface area is 116 Å². The van der Waals surface area contributed by atoms with Gasteiger partial charge in [-0.05, 0) is 28.5 Å². The van der Waals surface area contributed by atoms with Crippen molar-refractivity contribution in [2.24, 2.45) is 0 Å². The van der Waals surface area contributed by atoms with Crippen LogP contribution in [0.4, 0.5) is 0 Å². The van der Waals surface area contributed by atoms with E-state index >= 15 is 0 Å². The van der Waals surface area contributed by atoms with Crippen LogP contribution in [0.25, 0.3) is 10.8 Å². The summed E-state index contributed by atoms with van der Waals surface area (Å²) in [6.45, 7) is 0. The van der Waals surface area contributed by atoms with Crippen molar-refractivity contribution in [1.29, 1.82) is 0 Å². The van der Waals surface area contributed by atoms with E-state index in [0.717, 1.165) is 22.1 Å². The molecule has 0 saturated carbocycles. The minimum Gasteiger partial charge on any atom is -0.497 e. The van der Waals surface area contributed by atoms with Crippen LogP contribution in [-0.2, 0) is 9.59 Å². The Morgan fingerprint density at radius 3 is 2.45 bits per heavy atom. The van der Waals surface area contributed by atoms with Crippen molar-refractivity contribution in [3.8, 4) is 5.75 Å². The van der Waals surface area contributed by atoms with E-state index in [0.29, 0.717) is 0 Å². The number of nitrogens with zero attached hydrogens (tertiary/aromatic N) is 1. The zero-order valence-corrected chi connectivity index (χ0v) is 11.4. The molecule has 0 spiro atoms. The predicted molar refractivity (Wildman–Crippen MR) is 75.6 cm³/mol. The molecule has 2 aromatic rings. The summed E-state index contributed by atoms with van der Waals surface area (Å²) >= 11 is 0. The van der Waals surface area contributed by atoms with Crippen LogP contribution in [0.1, 0.15) is 17.9 Å². The van der Waals surface area contributed by atoms with Crippen LogP contribution in [0.15, 0.2) is 36.4 Å². The van der Waals surface area contributed by atoms with Gasteiger partial charge < -0.3 is 4.74 Å². The minimum absolute atomic E-state index is 0.116. The molecule has 1 atom stereocenters. The number of fused-ring (bicyclic) bond motifs is 1. The van der Waals surface area contributed by atoms with Crippen LogP contribution < -0.4 is 4.74 Å². The first-order chi connectivity index (χ1) is 9.60. The Morgan fingerprint density at radius 1 is 1.10 bits per heavy atom. The average molecular weight is 269 g/mol. The molecule has 4 heteroatoms. The zero-order valence-electron chi connectivity index (χ0n) is 11.4. The number of likely N-dealkylation sites (tertiary alicyclic amines) is 1. The number of benzene rings is 2. The van der Waals surface area contributed by atoms with Gasteiger partial charge in [-0.25, -0.2) is 0 Å². The van der Waals surface area contributed by atoms with Gasteiger partial charge in [0.05, 0.1) is 13.0 Å². The normalized spacial score (nSPS) is 18.9. The Bertz CT molecular complexity index is 708. The maximum atomic E-state index is 12.0. The standard InChI is InChI=1S/C16H15NO3/c1-17-15(18)9-14(16(17)19)12-4-3-11-8-13(20-2)6-5-10(11)7-12/h3-8,14H,9H2,1-2H3. The van der Waals surface area contributed by atoms with Crippen LogP contribution in [0.3, 0.4) is 0 Å². The number of carbonyl (C=O) groups excluding carboxylic acids is 2. The molecule has 0 bridgehead atoms. The van der Waals surface area contributed by atoms with Crippen molar-refractivity contribution in [3.63, 3.8) is 0 Å². The molecule has 0 radical (unpaired) electrons. The molecule has 0 aromatic heterocycles. The third kappa shape index (κ3) is 1.93. The second-order valence-electron chi connectivity index (χ2n) is 5.02. The summed E-state index contributed by atoms with van der Waals surface area (Å²) in [5.74, 6) is 0.216. The number of hydrogen-bond acceptors (Lipinski definition) is 3. The number of hydrogen-bond donors (Lipinski definition) is 0. The van der Waals surface area contributed by atoms with Crippen LogP contribution in [0, 0.1) is 0 Å². The predicted octanol–water partition coefficient (Wildman–Crippen LogP) is 2.32. The molecule has 1 aliphatic heterocycles. The van der Waals surface area contributed by atoms with Crippen LogP contribution in [-0.4, -0.2) is 30.9 Å². The second kappa shape index (κ2) is 4.63. The van der Waals surface area contributed by atoms with Crippen molar-refractivity contribution in [3.05, 3.63) is 42.0 Å². The number of carbonyl (C=O) groups is 2. The quantitative estimate of drug-likeness (QED) is 0.786. The molecule has 1 heterocycles. The Hall–Kier alpha value is -2.36. The number of imide groups is 1. The van der Waals surface area contributed by atoms with E-state index < -0.39 is 0 Å². The number of rotatable bonds is 2. The lowest BCUT2D eigenvalue weighted by Gasteiger charge is -2.10. The van der Waals surface area contributed by atoms with Crippen LogP contribution >= 0.6 is 0 Å². The van der Waals surface area contributed by atoms with Crippen LogP contribution in [0.5, 0.6) is 5.75 Å². The van der Waals surface area contributed by atoms with Crippen molar-refractivity contribution >= 4 is 22.6 Å². The summed E-state index contributed by atoms with van der Waals surface area (Å²) < 4.78 is 5.19. The van der Waals surface area contributed by atoms with Gasteiger partial charge in [0, 0.05) is 13.5 Å². The number of ether oxygens (including phenoxy) is 1. The molecule has 1 aliphatic rings. The summed E-state index contributed by atoms with van der Waals surface area (Å²) in [6.07, 6.45) is 0.261. The lowest BCUT2D eigenvalue weighted by Crippen LogP contribution is -2.25. The van der Waals surface area contributed by atoms with Crippen molar-refractivity contribution in [1.82, 2.24) is 4.90 Å². The van der Waals surface area contributed by atoms with Gasteiger partial charge in [-0.3, -0.25) is 14.5 Å². The van der Waals surface area contributed by atoms with Crippen molar-refractivity contribution < 1.29 is 14.3 Å². The van der Waals surface area contributed by atoms with Crippen molar-refractivity contribution in [2.75, 3.05) is 14.2 Å². The molecule has 102 valence electrons. The molecule has 20 heavy (non-hydrogen) atoms. The largest absolute Gasteiger partial charge is 0.497 e. The Morgan fingerprint density at radius 2 is 1.80 bits per heavy atom. The van der Waals surface area contributed by atoms with Gasteiger partial charge in [-0.1, -0.05) is 24.3 Å². The van der Waals surface area contributed by atoms with E-state index in [1.807, 2.05) is 36.4 Å². The maximum absolute atomic E-state index is 12.0. The summed E-state index contributed by atoms with van der Waals surface area (Å²) in [6, 6.07) is 11.7. The fraction of sp³-hybridized carbons (Fsp3) is 0.250. The van der Waals surface area contributed by atoms with Gasteiger partial charge >= 0.3 is 0 Å². The Kier molecular flexibility index (Phi) is 2.93. The molecular formula is C16H15NO3. The summed E-state index contributed by atoms with van der Waals surface area (Å²) in [7, 11) is 3.17. The molecule has 0 N–H and O–H groups in total. The number of amides is 2. The van der Waals surface area contributed by atoms with E-state index in [-0.39, 0.29) is 24.2 Å². The molecule has 1 unspecified atom stereocenters. The monoisotopic (exact) mass is 269 g/mol. The third-order valence-corrected chi connectivity index (χ3v) is 3.86. The first kappa shape index (κ1) is 12.7. The molecule has 1 saturated heterocycles. The molecule has 1 fully saturated rings. The van der Waals surface area contributed by atoms with Crippen LogP contribution in [0.2, 0.25) is 0 Å². The highest BCUT2D eigenvalue weighted by molar-refractivity contribution is 6.06. The van der Waals surface area contributed by atoms with E-state index in [4.69, 9.17) is 4.74 Å². The molecule has 0 aliphatic carbocycles. The van der Waals surface area contributed by atoms with Gasteiger partial charge in [0.15, 0.2) is 0 Å². The van der Waals surface area contributed by atoms with Crippen molar-refractivity contribution in [2.45, 2.75) is 12.3 Å². The van der Waals surface area contributed by atoms with Gasteiger partial charge in [-0.15, -0.1) is 0 Å². The SMILES string of the molecule is COc1ccc2cc(C3CC(=O)N(C)C3=O)ccc2c1. The molecule has 2 aromatic carbocycles. The summed E-state index contributed by atoms with van der Waals surface area (Å²) in [5, 5.41) is 2.09. The van der Waals surface area contributed by atoms with E-state index in [9.17, 15) is 9.59 Å². The lowest BCUT2D eigenvalue weighted by molar-refractivity contribution is -0.137. The molecule has 4 nitrogen and oxygen atoms in total. The second-order valence-corrected chi connectivity index (χ2v) is 5.02. The van der Waals surface area contributed by atoms with Gasteiger partial charge in [-0.2, -0.15) is 0 Å². The summed E-state index contributed by atoms with van der Waals surface area (Å²) in [4.78, 5) is 24.9. The number of likely N-dealkylation sites (N-methyl/N-ethyl adjacent to an activating group) is 1. The van der Waals surface area contributed by atoms with E-state index in [1.54, 1.807) is 7.11 Å². The van der Waals surface area contributed by atoms with Gasteiger partial charge in [0.2, 0.25) is 11.8 Å². The molecule has 2 amide bonds. The first-order valence-corrected chi connectivity index (χ1v) is 6.48. The smallest absolute Gasteiger partial charge is 0.236 e. The highest BCUT2D eigenvalue weighted by Crippen LogP contribution is 2.31. The fourth-order valence-electron chi connectivity index (χ4n) is 2.60. The topological polar surface area (TPSA) is 46.6 Å². The minimum atomic E-state index is -0.348. The summed E-state index contributed by atoms with van der Waals surface area (Å²) in [5.41, 5.74) is 0.894. The van der Waals surface area contributed by atoms with Gasteiger partial charge in [0.1, 0.15) is 5.75 Å².